The number of aromatic hydroxyl groups is 1. The van der Waals surface area contributed by atoms with Crippen molar-refractivity contribution < 1.29 is 39.9 Å². The highest BCUT2D eigenvalue weighted by Crippen LogP contribution is 2.54. The van der Waals surface area contributed by atoms with Gasteiger partial charge in [0.25, 0.3) is 5.91 Å². The predicted octanol–water partition coefficient (Wildman–Crippen LogP) is 1.27. The first-order valence-electron chi connectivity index (χ1n) is 14.1. The third-order valence-corrected chi connectivity index (χ3v) is 9.65. The molecule has 0 aromatic heterocycles. The van der Waals surface area contributed by atoms with Crippen LogP contribution in [0, 0.1) is 11.8 Å². The van der Waals surface area contributed by atoms with E-state index in [-0.39, 0.29) is 29.7 Å². The van der Waals surface area contributed by atoms with Crippen LogP contribution in [0.3, 0.4) is 0 Å². The van der Waals surface area contributed by atoms with Gasteiger partial charge in [-0.3, -0.25) is 19.3 Å². The van der Waals surface area contributed by atoms with Crippen molar-refractivity contribution in [1.29, 1.82) is 0 Å². The van der Waals surface area contributed by atoms with Gasteiger partial charge >= 0.3 is 0 Å². The minimum absolute atomic E-state index is 0.0359. The smallest absolute Gasteiger partial charge is 0.255 e. The molecule has 11 nitrogen and oxygen atoms in total. The number of anilines is 1. The molecule has 0 aliphatic heterocycles. The van der Waals surface area contributed by atoms with Crippen LogP contribution < -0.4 is 10.6 Å². The molecule has 222 valence electrons. The van der Waals surface area contributed by atoms with Crippen molar-refractivity contribution in [1.82, 2.24) is 4.90 Å². The second-order valence-corrected chi connectivity index (χ2v) is 12.5. The molecule has 0 bridgehead atoms. The minimum Gasteiger partial charge on any atom is -0.508 e. The molecule has 1 amide bonds. The number of amides is 1. The van der Waals surface area contributed by atoms with E-state index in [1.165, 1.54) is 4.90 Å². The van der Waals surface area contributed by atoms with Crippen molar-refractivity contribution in [3.63, 3.8) is 0 Å². The molecule has 41 heavy (non-hydrogen) atoms. The number of phenolic OH excluding ortho intramolecular Hbond substituents is 1. The van der Waals surface area contributed by atoms with Crippen molar-refractivity contribution in [3.8, 4) is 5.75 Å². The summed E-state index contributed by atoms with van der Waals surface area (Å²) in [6.45, 7) is 0. The second-order valence-electron chi connectivity index (χ2n) is 12.5. The molecular weight excluding hydrogens is 530 g/mol. The molecule has 11 heteroatoms. The number of hydrogen-bond acceptors (Lipinski definition) is 10. The zero-order chi connectivity index (χ0) is 30.2. The molecule has 5 rings (SSSR count). The van der Waals surface area contributed by atoms with Gasteiger partial charge < -0.3 is 36.2 Å². The fourth-order valence-electron chi connectivity index (χ4n) is 7.59. The molecule has 2 fully saturated rings. The normalized spacial score (nSPS) is 29.0. The van der Waals surface area contributed by atoms with Gasteiger partial charge in [0, 0.05) is 31.3 Å². The molecule has 0 spiro atoms. The highest BCUT2D eigenvalue weighted by Gasteiger charge is 2.64. The van der Waals surface area contributed by atoms with Crippen LogP contribution in [0.1, 0.15) is 55.2 Å². The average Bonchev–Trinajstić information content (AvgIpc) is 3.31. The Labute approximate surface area is 238 Å². The van der Waals surface area contributed by atoms with Gasteiger partial charge in [0.05, 0.1) is 17.2 Å². The number of rotatable bonds is 6. The maximum Gasteiger partial charge on any atom is 0.255 e. The molecule has 1 aromatic rings. The van der Waals surface area contributed by atoms with Crippen molar-refractivity contribution in [2.75, 3.05) is 33.1 Å². The summed E-state index contributed by atoms with van der Waals surface area (Å²) in [6.07, 6.45) is 4.29. The van der Waals surface area contributed by atoms with Crippen LogP contribution in [0.15, 0.2) is 23.0 Å². The van der Waals surface area contributed by atoms with Gasteiger partial charge in [0.1, 0.15) is 22.8 Å². The summed E-state index contributed by atoms with van der Waals surface area (Å²) in [5.41, 5.74) is 2.81. The van der Waals surface area contributed by atoms with Crippen LogP contribution in [0.5, 0.6) is 5.75 Å². The van der Waals surface area contributed by atoms with E-state index in [2.05, 4.69) is 0 Å². The summed E-state index contributed by atoms with van der Waals surface area (Å²) in [7, 11) is 6.80. The standard InChI is InChI=1S/C30H39N3O8/c1-32(2)18-13-14(7-10-29(40)8-5-6-9-29)23(34)20-16(18)11-15-12-17-22(33(3)4)25(36)21(28(31)39)27(38)30(17,41)26(37)19(15)24(20)35/h13,15,17,22,34-35,38,40-41H,5-12H2,1-4H3,(H2,31,39)/t15-,17+,22+,30-/m0/s1. The van der Waals surface area contributed by atoms with Crippen molar-refractivity contribution in [2.45, 2.75) is 68.6 Å². The lowest BCUT2D eigenvalue weighted by molar-refractivity contribution is -0.153. The van der Waals surface area contributed by atoms with E-state index in [1.54, 1.807) is 14.1 Å². The molecule has 4 aliphatic carbocycles. The van der Waals surface area contributed by atoms with Crippen molar-refractivity contribution >= 4 is 28.9 Å². The van der Waals surface area contributed by atoms with E-state index in [1.807, 2.05) is 25.1 Å². The van der Waals surface area contributed by atoms with Crippen LogP contribution in [0.4, 0.5) is 5.69 Å². The van der Waals surface area contributed by atoms with Gasteiger partial charge in [0.15, 0.2) is 11.4 Å². The van der Waals surface area contributed by atoms with Gasteiger partial charge in [-0.05, 0) is 75.7 Å². The van der Waals surface area contributed by atoms with Gasteiger partial charge in [-0.25, -0.2) is 0 Å². The SMILES string of the molecule is CN(C)c1cc(CCC2(O)CCCC2)c(O)c2c1C[C@H]1C[C@@H]3[C@@H](N(C)C)C(=O)C(C(N)=O)=C(O)[C@@]3(O)C(=O)C1=C2O. The lowest BCUT2D eigenvalue weighted by Crippen LogP contribution is -2.65. The van der Waals surface area contributed by atoms with E-state index in [0.29, 0.717) is 36.8 Å². The summed E-state index contributed by atoms with van der Waals surface area (Å²) in [6, 6.07) is 0.713. The Morgan fingerprint density at radius 1 is 1.07 bits per heavy atom. The molecule has 0 unspecified atom stereocenters. The number of aliphatic hydroxyl groups is 4. The molecule has 4 aliphatic rings. The van der Waals surface area contributed by atoms with Gasteiger partial charge in [-0.15, -0.1) is 0 Å². The Balaban J connectivity index is 1.67. The molecule has 0 saturated heterocycles. The molecule has 7 N–H and O–H groups in total. The van der Waals surface area contributed by atoms with Crippen LogP contribution >= 0.6 is 0 Å². The first-order valence-corrected chi connectivity index (χ1v) is 14.1. The number of nitrogens with zero attached hydrogens (tertiary/aromatic N) is 2. The van der Waals surface area contributed by atoms with Crippen molar-refractivity contribution in [2.24, 2.45) is 17.6 Å². The number of primary amides is 1. The highest BCUT2D eigenvalue weighted by molar-refractivity contribution is 6.24. The fourth-order valence-corrected chi connectivity index (χ4v) is 7.59. The van der Waals surface area contributed by atoms with E-state index in [0.717, 1.165) is 18.5 Å². The van der Waals surface area contributed by atoms with E-state index in [4.69, 9.17) is 5.73 Å². The Kier molecular flexibility index (Phi) is 6.99. The highest BCUT2D eigenvalue weighted by atomic mass is 16.3. The Morgan fingerprint density at radius 2 is 1.71 bits per heavy atom. The van der Waals surface area contributed by atoms with Gasteiger partial charge in [-0.2, -0.15) is 0 Å². The van der Waals surface area contributed by atoms with E-state index >= 15 is 0 Å². The largest absolute Gasteiger partial charge is 0.508 e. The fraction of sp³-hybridized carbons (Fsp3) is 0.567. The Bertz CT molecular complexity index is 1400. The van der Waals surface area contributed by atoms with Crippen LogP contribution in [-0.4, -0.2) is 93.3 Å². The number of phenols is 1. The van der Waals surface area contributed by atoms with Crippen molar-refractivity contribution in [3.05, 3.63) is 39.7 Å². The summed E-state index contributed by atoms with van der Waals surface area (Å²) >= 11 is 0. The number of aliphatic hydroxyl groups excluding tert-OH is 2. The number of carbonyl (C=O) groups excluding carboxylic acids is 3. The maximum atomic E-state index is 14.1. The molecule has 4 atom stereocenters. The van der Waals surface area contributed by atoms with E-state index in [9.17, 15) is 39.9 Å². The first-order chi connectivity index (χ1) is 19.1. The number of ketones is 2. The number of benzene rings is 1. The Hall–Kier alpha value is -3.41. The first kappa shape index (κ1) is 29.1. The maximum absolute atomic E-state index is 14.1. The number of hydrogen-bond donors (Lipinski definition) is 6. The van der Waals surface area contributed by atoms with Crippen LogP contribution in [0.25, 0.3) is 5.76 Å². The molecule has 1 aromatic carbocycles. The number of carbonyl (C=O) groups is 3. The third-order valence-electron chi connectivity index (χ3n) is 9.65. The van der Waals surface area contributed by atoms with Gasteiger partial charge in [-0.1, -0.05) is 12.8 Å². The summed E-state index contributed by atoms with van der Waals surface area (Å²) in [4.78, 5) is 42.8. The van der Waals surface area contributed by atoms with Crippen LogP contribution in [0.2, 0.25) is 0 Å². The summed E-state index contributed by atoms with van der Waals surface area (Å²) < 4.78 is 0. The Morgan fingerprint density at radius 3 is 2.27 bits per heavy atom. The quantitative estimate of drug-likeness (QED) is 0.273. The lowest BCUT2D eigenvalue weighted by Gasteiger charge is -2.50. The molecule has 0 heterocycles. The predicted molar refractivity (Wildman–Crippen MR) is 150 cm³/mol. The number of aryl methyl sites for hydroxylation is 1. The average molecular weight is 570 g/mol. The van der Waals surface area contributed by atoms with Gasteiger partial charge in [0.2, 0.25) is 5.78 Å². The summed E-state index contributed by atoms with van der Waals surface area (Å²) in [5.74, 6) is -6.67. The van der Waals surface area contributed by atoms with Crippen LogP contribution in [-0.2, 0) is 27.2 Å². The number of likely N-dealkylation sites (N-methyl/N-ethyl adjacent to an activating group) is 1. The second kappa shape index (κ2) is 9.85. The minimum atomic E-state index is -2.67. The lowest BCUT2D eigenvalue weighted by atomic mass is 9.57. The monoisotopic (exact) mass is 569 g/mol. The number of nitrogens with two attached hydrogens (primary N) is 1. The summed E-state index contributed by atoms with van der Waals surface area (Å²) in [5, 5.41) is 56.7. The molecule has 2 saturated carbocycles. The zero-order valence-corrected chi connectivity index (χ0v) is 23.9. The number of Topliss-reactive ketones (excluding diaryl/α,β-unsaturated/α-hetero) is 2. The topological polar surface area (TPSA) is 185 Å². The molecular formula is C30H39N3O8. The zero-order valence-electron chi connectivity index (χ0n) is 23.9. The third kappa shape index (κ3) is 4.24. The number of fused-ring (bicyclic) bond motifs is 3. The molecule has 0 radical (unpaired) electrons. The van der Waals surface area contributed by atoms with E-state index < -0.39 is 63.6 Å².